The van der Waals surface area contributed by atoms with Crippen molar-refractivity contribution in [3.8, 4) is 0 Å². The molecule has 1 fully saturated rings. The lowest BCUT2D eigenvalue weighted by atomic mass is 10.0. The van der Waals surface area contributed by atoms with E-state index in [1.165, 1.54) is 49.9 Å². The minimum Gasteiger partial charge on any atom is -0.324 e. The molecule has 3 rings (SSSR count). The normalized spacial score (nSPS) is 23.6. The third-order valence-electron chi connectivity index (χ3n) is 3.94. The molecule has 2 aliphatic rings. The van der Waals surface area contributed by atoms with Crippen molar-refractivity contribution in [3.63, 3.8) is 0 Å². The molecule has 0 aromatic heterocycles. The molecule has 1 aliphatic heterocycles. The van der Waals surface area contributed by atoms with Gasteiger partial charge in [-0.25, -0.2) is 0 Å². The lowest BCUT2D eigenvalue weighted by Gasteiger charge is -2.23. The van der Waals surface area contributed by atoms with E-state index in [0.29, 0.717) is 0 Å². The first-order chi connectivity index (χ1) is 7.75. The van der Waals surface area contributed by atoms with Crippen LogP contribution in [0.4, 0.5) is 0 Å². The van der Waals surface area contributed by atoms with Crippen LogP contribution in [0.25, 0.3) is 0 Å². The number of hydrogen-bond donors (Lipinski definition) is 1. The van der Waals surface area contributed by atoms with Crippen LogP contribution in [-0.4, -0.2) is 30.1 Å². The third-order valence-corrected chi connectivity index (χ3v) is 3.94. The zero-order valence-electron chi connectivity index (χ0n) is 9.78. The summed E-state index contributed by atoms with van der Waals surface area (Å²) in [5.74, 6) is 0. The molecule has 0 atom stereocenters. The molecule has 0 unspecified atom stereocenters. The van der Waals surface area contributed by atoms with Crippen LogP contribution < -0.4 is 5.73 Å². The highest BCUT2D eigenvalue weighted by atomic mass is 15.2. The second-order valence-electron chi connectivity index (χ2n) is 5.41. The fourth-order valence-corrected chi connectivity index (χ4v) is 2.64. The van der Waals surface area contributed by atoms with Crippen molar-refractivity contribution in [2.75, 3.05) is 19.6 Å². The van der Waals surface area contributed by atoms with Crippen molar-refractivity contribution in [3.05, 3.63) is 35.4 Å². The van der Waals surface area contributed by atoms with E-state index in [2.05, 4.69) is 29.2 Å². The maximum Gasteiger partial charge on any atom is 0.0284 e. The Morgan fingerprint density at radius 3 is 2.12 bits per heavy atom. The highest BCUT2D eigenvalue weighted by Gasteiger charge is 2.39. The molecule has 16 heavy (non-hydrogen) atoms. The van der Waals surface area contributed by atoms with E-state index in [4.69, 9.17) is 5.73 Å². The van der Waals surface area contributed by atoms with Crippen molar-refractivity contribution < 1.29 is 0 Å². The molecular formula is C14H20N2. The van der Waals surface area contributed by atoms with Crippen LogP contribution in [-0.2, 0) is 12.8 Å². The van der Waals surface area contributed by atoms with Gasteiger partial charge in [0.15, 0.2) is 0 Å². The molecule has 1 heterocycles. The van der Waals surface area contributed by atoms with Gasteiger partial charge in [-0.15, -0.1) is 0 Å². The summed E-state index contributed by atoms with van der Waals surface area (Å²) in [5.41, 5.74) is 9.42. The molecule has 2 N–H and O–H groups in total. The number of benzene rings is 1. The summed E-state index contributed by atoms with van der Waals surface area (Å²) in [4.78, 5) is 2.55. The van der Waals surface area contributed by atoms with Gasteiger partial charge in [-0.1, -0.05) is 24.3 Å². The van der Waals surface area contributed by atoms with Crippen LogP contribution in [0, 0.1) is 0 Å². The summed E-state index contributed by atoms with van der Waals surface area (Å²) < 4.78 is 0. The van der Waals surface area contributed by atoms with E-state index >= 15 is 0 Å². The van der Waals surface area contributed by atoms with Crippen molar-refractivity contribution in [1.29, 1.82) is 0 Å². The minimum absolute atomic E-state index is 0.163. The molecule has 0 bridgehead atoms. The Labute approximate surface area is 97.4 Å². The molecule has 1 saturated carbocycles. The van der Waals surface area contributed by atoms with Gasteiger partial charge in [-0.05, 0) is 36.8 Å². The van der Waals surface area contributed by atoms with E-state index < -0.39 is 0 Å². The number of nitrogens with two attached hydrogens (primary N) is 1. The molecule has 1 aromatic rings. The summed E-state index contributed by atoms with van der Waals surface area (Å²) in [6.45, 7) is 3.45. The van der Waals surface area contributed by atoms with Crippen LogP contribution in [0.1, 0.15) is 24.0 Å². The van der Waals surface area contributed by atoms with Crippen LogP contribution in [0.15, 0.2) is 24.3 Å². The van der Waals surface area contributed by atoms with Crippen molar-refractivity contribution in [2.24, 2.45) is 5.73 Å². The molecule has 0 radical (unpaired) electrons. The molecule has 0 spiro atoms. The molecule has 1 aliphatic carbocycles. The van der Waals surface area contributed by atoms with Crippen LogP contribution in [0.3, 0.4) is 0 Å². The van der Waals surface area contributed by atoms with Gasteiger partial charge in [0.1, 0.15) is 0 Å². The Kier molecular flexibility index (Phi) is 2.49. The van der Waals surface area contributed by atoms with Crippen LogP contribution >= 0.6 is 0 Å². The topological polar surface area (TPSA) is 29.3 Å². The van der Waals surface area contributed by atoms with E-state index in [-0.39, 0.29) is 5.54 Å². The molecule has 0 saturated heterocycles. The Balaban J connectivity index is 1.67. The Morgan fingerprint density at radius 2 is 1.62 bits per heavy atom. The highest BCUT2D eigenvalue weighted by Crippen LogP contribution is 2.33. The molecule has 86 valence electrons. The van der Waals surface area contributed by atoms with E-state index in [1.807, 2.05) is 0 Å². The third kappa shape index (κ3) is 2.13. The zero-order valence-corrected chi connectivity index (χ0v) is 9.78. The van der Waals surface area contributed by atoms with Gasteiger partial charge >= 0.3 is 0 Å². The maximum atomic E-state index is 6.19. The second kappa shape index (κ2) is 3.86. The van der Waals surface area contributed by atoms with Gasteiger partial charge in [0.25, 0.3) is 0 Å². The first-order valence-electron chi connectivity index (χ1n) is 6.33. The smallest absolute Gasteiger partial charge is 0.0284 e. The quantitative estimate of drug-likeness (QED) is 0.813. The van der Waals surface area contributed by atoms with Crippen LogP contribution in [0.5, 0.6) is 0 Å². The van der Waals surface area contributed by atoms with Gasteiger partial charge in [0.05, 0.1) is 0 Å². The predicted molar refractivity (Wildman–Crippen MR) is 66.4 cm³/mol. The minimum atomic E-state index is 0.163. The average molecular weight is 216 g/mol. The Hall–Kier alpha value is -0.860. The summed E-state index contributed by atoms with van der Waals surface area (Å²) in [7, 11) is 0. The summed E-state index contributed by atoms with van der Waals surface area (Å²) in [6.07, 6.45) is 4.81. The fraction of sp³-hybridized carbons (Fsp3) is 0.571. The highest BCUT2D eigenvalue weighted by molar-refractivity contribution is 5.28. The zero-order chi connectivity index (χ0) is 11.0. The molecule has 2 heteroatoms. The van der Waals surface area contributed by atoms with Gasteiger partial charge in [0.2, 0.25) is 0 Å². The predicted octanol–water partition coefficient (Wildman–Crippen LogP) is 1.58. The SMILES string of the molecule is NC1(CN2CCc3ccccc3CC2)CC1. The fourth-order valence-electron chi connectivity index (χ4n) is 2.64. The Morgan fingerprint density at radius 1 is 1.06 bits per heavy atom. The lowest BCUT2D eigenvalue weighted by molar-refractivity contribution is 0.262. The molecular weight excluding hydrogens is 196 g/mol. The monoisotopic (exact) mass is 216 g/mol. The number of fused-ring (bicyclic) bond motifs is 1. The van der Waals surface area contributed by atoms with Gasteiger partial charge in [-0.2, -0.15) is 0 Å². The molecule has 2 nitrogen and oxygen atoms in total. The number of nitrogens with zero attached hydrogens (tertiary/aromatic N) is 1. The van der Waals surface area contributed by atoms with Crippen molar-refractivity contribution in [1.82, 2.24) is 4.90 Å². The molecule has 1 aromatic carbocycles. The number of rotatable bonds is 2. The van der Waals surface area contributed by atoms with E-state index in [1.54, 1.807) is 0 Å². The van der Waals surface area contributed by atoms with E-state index in [9.17, 15) is 0 Å². The summed E-state index contributed by atoms with van der Waals surface area (Å²) >= 11 is 0. The van der Waals surface area contributed by atoms with Crippen molar-refractivity contribution >= 4 is 0 Å². The summed E-state index contributed by atoms with van der Waals surface area (Å²) in [6, 6.07) is 8.85. The summed E-state index contributed by atoms with van der Waals surface area (Å²) in [5, 5.41) is 0. The second-order valence-corrected chi connectivity index (χ2v) is 5.41. The Bertz CT molecular complexity index is 355. The van der Waals surface area contributed by atoms with Crippen LogP contribution in [0.2, 0.25) is 0 Å². The average Bonchev–Trinajstić information content (AvgIpc) is 3.04. The standard InChI is InChI=1S/C14H20N2/c15-14(7-8-14)11-16-9-5-12-3-1-2-4-13(12)6-10-16/h1-4H,5-11,15H2. The molecule has 0 amide bonds. The van der Waals surface area contributed by atoms with E-state index in [0.717, 1.165) is 6.54 Å². The van der Waals surface area contributed by atoms with Gasteiger partial charge < -0.3 is 10.6 Å². The van der Waals surface area contributed by atoms with Crippen molar-refractivity contribution in [2.45, 2.75) is 31.2 Å². The lowest BCUT2D eigenvalue weighted by Crippen LogP contribution is -2.40. The first kappa shape index (κ1) is 10.3. The maximum absolute atomic E-state index is 6.19. The largest absolute Gasteiger partial charge is 0.324 e. The first-order valence-corrected chi connectivity index (χ1v) is 6.33. The van der Waals surface area contributed by atoms with Gasteiger partial charge in [-0.3, -0.25) is 0 Å². The van der Waals surface area contributed by atoms with Gasteiger partial charge in [0, 0.05) is 25.2 Å². The number of hydrogen-bond acceptors (Lipinski definition) is 2.